The first kappa shape index (κ1) is 14.0. The molecule has 1 aliphatic carbocycles. The molecule has 1 saturated carbocycles. The van der Waals surface area contributed by atoms with E-state index in [0.29, 0.717) is 12.1 Å². The Labute approximate surface area is 122 Å². The summed E-state index contributed by atoms with van der Waals surface area (Å²) in [6, 6.07) is 3.29. The van der Waals surface area contributed by atoms with E-state index in [-0.39, 0.29) is 0 Å². The van der Waals surface area contributed by atoms with Gasteiger partial charge in [-0.25, -0.2) is 9.97 Å². The molecular weight excluding hydrogens is 248 g/mol. The van der Waals surface area contributed by atoms with Crippen molar-refractivity contribution in [3.8, 4) is 0 Å². The lowest BCUT2D eigenvalue weighted by Gasteiger charge is -2.42. The quantitative estimate of drug-likeness (QED) is 0.917. The summed E-state index contributed by atoms with van der Waals surface area (Å²) in [4.78, 5) is 11.0. The zero-order chi connectivity index (χ0) is 13.8. The van der Waals surface area contributed by atoms with Gasteiger partial charge in [-0.05, 0) is 31.7 Å². The van der Waals surface area contributed by atoms with E-state index in [2.05, 4.69) is 27.1 Å². The van der Waals surface area contributed by atoms with Crippen LogP contribution in [0.2, 0.25) is 0 Å². The van der Waals surface area contributed by atoms with E-state index < -0.39 is 0 Å². The van der Waals surface area contributed by atoms with Crippen molar-refractivity contribution < 1.29 is 0 Å². The Morgan fingerprint density at radius 3 is 2.90 bits per heavy atom. The average molecular weight is 274 g/mol. The van der Waals surface area contributed by atoms with E-state index in [0.717, 1.165) is 31.2 Å². The van der Waals surface area contributed by atoms with Crippen molar-refractivity contribution in [1.82, 2.24) is 20.2 Å². The van der Waals surface area contributed by atoms with Gasteiger partial charge in [0.15, 0.2) is 0 Å². The van der Waals surface area contributed by atoms with Crippen LogP contribution in [0.1, 0.15) is 44.7 Å². The van der Waals surface area contributed by atoms with Crippen LogP contribution in [0.25, 0.3) is 0 Å². The van der Waals surface area contributed by atoms with Gasteiger partial charge in [-0.1, -0.05) is 19.3 Å². The molecule has 20 heavy (non-hydrogen) atoms. The van der Waals surface area contributed by atoms with Crippen molar-refractivity contribution >= 4 is 0 Å². The van der Waals surface area contributed by atoms with Crippen LogP contribution in [0.15, 0.2) is 18.6 Å². The normalized spacial score (nSPS) is 29.4. The van der Waals surface area contributed by atoms with E-state index in [1.807, 2.05) is 12.3 Å². The topological polar surface area (TPSA) is 41.0 Å². The van der Waals surface area contributed by atoms with Gasteiger partial charge in [0.2, 0.25) is 0 Å². The van der Waals surface area contributed by atoms with E-state index in [1.165, 1.54) is 32.1 Å². The monoisotopic (exact) mass is 274 g/mol. The average Bonchev–Trinajstić information content (AvgIpc) is 2.51. The lowest BCUT2D eigenvalue weighted by molar-refractivity contribution is 0.0969. The third-order valence-electron chi connectivity index (χ3n) is 4.96. The fourth-order valence-corrected chi connectivity index (χ4v) is 3.64. The molecule has 0 spiro atoms. The molecule has 0 bridgehead atoms. The largest absolute Gasteiger partial charge is 0.311 e. The molecule has 2 heterocycles. The number of aromatic nitrogens is 2. The van der Waals surface area contributed by atoms with Gasteiger partial charge in [-0.3, -0.25) is 4.90 Å². The molecule has 2 fully saturated rings. The minimum Gasteiger partial charge on any atom is -0.311 e. The molecule has 1 aliphatic heterocycles. The molecule has 1 N–H and O–H groups in total. The minimum absolute atomic E-state index is 0.588. The molecule has 2 atom stereocenters. The summed E-state index contributed by atoms with van der Waals surface area (Å²) in [6.45, 7) is 5.53. The Kier molecular flexibility index (Phi) is 4.63. The SMILES string of the molecule is CC1CNC(C2CCCCC2)CN1Cc1ccncn1. The number of nitrogens with one attached hydrogen (secondary N) is 1. The van der Waals surface area contributed by atoms with Crippen molar-refractivity contribution in [1.29, 1.82) is 0 Å². The first-order valence-electron chi connectivity index (χ1n) is 8.05. The summed E-state index contributed by atoms with van der Waals surface area (Å²) >= 11 is 0. The first-order chi connectivity index (χ1) is 9.83. The van der Waals surface area contributed by atoms with Crippen LogP contribution in [0, 0.1) is 5.92 Å². The highest BCUT2D eigenvalue weighted by Gasteiger charge is 2.31. The van der Waals surface area contributed by atoms with E-state index in [9.17, 15) is 0 Å². The molecule has 2 unspecified atom stereocenters. The molecule has 4 nitrogen and oxygen atoms in total. The number of piperazine rings is 1. The minimum atomic E-state index is 0.588. The second-order valence-electron chi connectivity index (χ2n) is 6.39. The summed E-state index contributed by atoms with van der Waals surface area (Å²) in [6.07, 6.45) is 10.6. The molecule has 0 amide bonds. The van der Waals surface area contributed by atoms with Gasteiger partial charge in [-0.2, -0.15) is 0 Å². The van der Waals surface area contributed by atoms with Crippen molar-refractivity contribution in [2.45, 2.75) is 57.7 Å². The molecule has 1 saturated heterocycles. The molecule has 2 aliphatic rings. The Bertz CT molecular complexity index is 402. The van der Waals surface area contributed by atoms with Crippen LogP contribution >= 0.6 is 0 Å². The Morgan fingerprint density at radius 1 is 1.30 bits per heavy atom. The smallest absolute Gasteiger partial charge is 0.115 e. The zero-order valence-corrected chi connectivity index (χ0v) is 12.5. The van der Waals surface area contributed by atoms with Crippen molar-refractivity contribution in [3.05, 3.63) is 24.3 Å². The van der Waals surface area contributed by atoms with Gasteiger partial charge in [0, 0.05) is 37.9 Å². The molecule has 110 valence electrons. The third kappa shape index (κ3) is 3.36. The summed E-state index contributed by atoms with van der Waals surface area (Å²) in [7, 11) is 0. The molecule has 4 heteroatoms. The second kappa shape index (κ2) is 6.64. The first-order valence-corrected chi connectivity index (χ1v) is 8.05. The fraction of sp³-hybridized carbons (Fsp3) is 0.750. The van der Waals surface area contributed by atoms with E-state index in [1.54, 1.807) is 6.33 Å². The van der Waals surface area contributed by atoms with Gasteiger partial charge in [0.25, 0.3) is 0 Å². The lowest BCUT2D eigenvalue weighted by Crippen LogP contribution is -2.57. The van der Waals surface area contributed by atoms with Crippen LogP contribution in [0.5, 0.6) is 0 Å². The predicted octanol–water partition coefficient (Wildman–Crippen LogP) is 2.22. The van der Waals surface area contributed by atoms with Crippen LogP contribution in [-0.4, -0.2) is 40.0 Å². The summed E-state index contributed by atoms with van der Waals surface area (Å²) in [5.41, 5.74) is 1.14. The van der Waals surface area contributed by atoms with Crippen molar-refractivity contribution in [2.75, 3.05) is 13.1 Å². The summed E-state index contributed by atoms with van der Waals surface area (Å²) in [5.74, 6) is 0.879. The highest BCUT2D eigenvalue weighted by Crippen LogP contribution is 2.28. The van der Waals surface area contributed by atoms with Crippen LogP contribution in [0.3, 0.4) is 0 Å². The third-order valence-corrected chi connectivity index (χ3v) is 4.96. The Morgan fingerprint density at radius 2 is 2.15 bits per heavy atom. The van der Waals surface area contributed by atoms with Crippen molar-refractivity contribution in [3.63, 3.8) is 0 Å². The fourth-order valence-electron chi connectivity index (χ4n) is 3.64. The summed E-state index contributed by atoms with van der Waals surface area (Å²) in [5, 5.41) is 3.78. The van der Waals surface area contributed by atoms with Crippen LogP contribution in [0.4, 0.5) is 0 Å². The maximum atomic E-state index is 4.37. The highest BCUT2D eigenvalue weighted by atomic mass is 15.2. The summed E-state index contributed by atoms with van der Waals surface area (Å²) < 4.78 is 0. The Hall–Kier alpha value is -1.00. The van der Waals surface area contributed by atoms with Gasteiger partial charge in [0.1, 0.15) is 6.33 Å². The number of rotatable bonds is 3. The van der Waals surface area contributed by atoms with Gasteiger partial charge in [0.05, 0.1) is 5.69 Å². The molecule has 3 rings (SSSR count). The molecule has 1 aromatic rings. The van der Waals surface area contributed by atoms with Gasteiger partial charge >= 0.3 is 0 Å². The second-order valence-corrected chi connectivity index (χ2v) is 6.39. The van der Waals surface area contributed by atoms with Crippen molar-refractivity contribution in [2.24, 2.45) is 5.92 Å². The van der Waals surface area contributed by atoms with E-state index >= 15 is 0 Å². The maximum absolute atomic E-state index is 4.37. The van der Waals surface area contributed by atoms with Gasteiger partial charge < -0.3 is 5.32 Å². The number of hydrogen-bond acceptors (Lipinski definition) is 4. The molecule has 0 radical (unpaired) electrons. The standard InChI is InChI=1S/C16H26N4/c1-13-9-18-16(14-5-3-2-4-6-14)11-20(13)10-15-7-8-17-12-19-15/h7-8,12-14,16,18H,2-6,9-11H2,1H3. The lowest BCUT2D eigenvalue weighted by atomic mass is 9.82. The number of hydrogen-bond donors (Lipinski definition) is 1. The van der Waals surface area contributed by atoms with Crippen LogP contribution < -0.4 is 5.32 Å². The van der Waals surface area contributed by atoms with E-state index in [4.69, 9.17) is 0 Å². The van der Waals surface area contributed by atoms with Gasteiger partial charge in [-0.15, -0.1) is 0 Å². The predicted molar refractivity (Wildman–Crippen MR) is 80.3 cm³/mol. The molecule has 0 aromatic carbocycles. The molecule has 1 aromatic heterocycles. The highest BCUT2D eigenvalue weighted by molar-refractivity contribution is 5.00. The van der Waals surface area contributed by atoms with Crippen LogP contribution in [-0.2, 0) is 6.54 Å². The zero-order valence-electron chi connectivity index (χ0n) is 12.5. The molecular formula is C16H26N4. The maximum Gasteiger partial charge on any atom is 0.115 e. The number of nitrogens with zero attached hydrogens (tertiary/aromatic N) is 3. The Balaban J connectivity index is 1.61.